The molecule has 3 aromatic rings. The molecule has 2 aromatic carbocycles. The molecular formula is C26H29F3N4O2. The van der Waals surface area contributed by atoms with Crippen LogP contribution in [0.2, 0.25) is 0 Å². The lowest BCUT2D eigenvalue weighted by molar-refractivity contribution is -0.138. The molecular weight excluding hydrogens is 457 g/mol. The van der Waals surface area contributed by atoms with Gasteiger partial charge in [-0.15, -0.1) is 0 Å². The van der Waals surface area contributed by atoms with Gasteiger partial charge in [-0.2, -0.15) is 13.2 Å². The van der Waals surface area contributed by atoms with Gasteiger partial charge in [0.1, 0.15) is 5.82 Å². The number of hydrogen-bond acceptors (Lipinski definition) is 5. The number of aryl methyl sites for hydroxylation is 1. The molecule has 1 aliphatic heterocycles. The van der Waals surface area contributed by atoms with Gasteiger partial charge < -0.3 is 19.9 Å². The van der Waals surface area contributed by atoms with Crippen molar-refractivity contribution in [1.82, 2.24) is 15.2 Å². The van der Waals surface area contributed by atoms with Crippen molar-refractivity contribution in [2.45, 2.75) is 33.1 Å². The minimum Gasteiger partial charge on any atom is -0.450 e. The minimum absolute atomic E-state index is 0.0810. The summed E-state index contributed by atoms with van der Waals surface area (Å²) in [5.74, 6) is 0.779. The van der Waals surface area contributed by atoms with E-state index in [1.807, 2.05) is 31.2 Å². The van der Waals surface area contributed by atoms with Gasteiger partial charge in [-0.05, 0) is 43.7 Å². The van der Waals surface area contributed by atoms with Crippen molar-refractivity contribution in [2.24, 2.45) is 0 Å². The van der Waals surface area contributed by atoms with Gasteiger partial charge in [-0.25, -0.2) is 9.78 Å². The molecule has 1 saturated heterocycles. The first-order chi connectivity index (χ1) is 16.8. The van der Waals surface area contributed by atoms with Gasteiger partial charge >= 0.3 is 12.3 Å². The van der Waals surface area contributed by atoms with Crippen molar-refractivity contribution in [2.75, 3.05) is 37.7 Å². The van der Waals surface area contributed by atoms with Gasteiger partial charge in [0, 0.05) is 50.2 Å². The number of benzene rings is 2. The lowest BCUT2D eigenvalue weighted by Gasteiger charge is -2.35. The highest BCUT2D eigenvalue weighted by molar-refractivity contribution is 5.82. The van der Waals surface area contributed by atoms with E-state index in [0.29, 0.717) is 39.3 Å². The summed E-state index contributed by atoms with van der Waals surface area (Å²) in [6.45, 7) is 6.76. The lowest BCUT2D eigenvalue weighted by Crippen LogP contribution is -2.49. The number of nitrogens with one attached hydrogen (secondary N) is 1. The fraction of sp³-hybridized carbons (Fsp3) is 0.385. The maximum Gasteiger partial charge on any atom is 0.416 e. The summed E-state index contributed by atoms with van der Waals surface area (Å²) >= 11 is 0. The van der Waals surface area contributed by atoms with Crippen molar-refractivity contribution >= 4 is 22.8 Å². The second-order valence-corrected chi connectivity index (χ2v) is 8.60. The van der Waals surface area contributed by atoms with Gasteiger partial charge in [0.2, 0.25) is 0 Å². The Morgan fingerprint density at radius 1 is 1.03 bits per heavy atom. The fourth-order valence-electron chi connectivity index (χ4n) is 4.33. The Bertz CT molecular complexity index is 1190. The van der Waals surface area contributed by atoms with E-state index in [2.05, 4.69) is 10.2 Å². The Kier molecular flexibility index (Phi) is 7.45. The van der Waals surface area contributed by atoms with Crippen LogP contribution >= 0.6 is 0 Å². The molecule has 1 aliphatic rings. The number of halogens is 3. The number of piperazine rings is 1. The van der Waals surface area contributed by atoms with E-state index in [4.69, 9.17) is 9.72 Å². The first-order valence-electron chi connectivity index (χ1n) is 11.7. The van der Waals surface area contributed by atoms with Gasteiger partial charge in [-0.3, -0.25) is 0 Å². The zero-order valence-electron chi connectivity index (χ0n) is 19.9. The number of amides is 1. The van der Waals surface area contributed by atoms with Gasteiger partial charge in [0.05, 0.1) is 17.7 Å². The monoisotopic (exact) mass is 486 g/mol. The molecule has 186 valence electrons. The van der Waals surface area contributed by atoms with Crippen molar-refractivity contribution in [3.63, 3.8) is 0 Å². The fourth-order valence-corrected chi connectivity index (χ4v) is 4.33. The van der Waals surface area contributed by atoms with Crippen LogP contribution in [0.25, 0.3) is 10.9 Å². The van der Waals surface area contributed by atoms with Gasteiger partial charge in [-0.1, -0.05) is 29.8 Å². The highest BCUT2D eigenvalue weighted by Crippen LogP contribution is 2.32. The molecule has 35 heavy (non-hydrogen) atoms. The molecule has 0 spiro atoms. The van der Waals surface area contributed by atoms with Crippen LogP contribution in [0, 0.1) is 6.92 Å². The Balaban J connectivity index is 1.55. The summed E-state index contributed by atoms with van der Waals surface area (Å²) < 4.78 is 45.2. The van der Waals surface area contributed by atoms with Crippen LogP contribution in [0.3, 0.4) is 0 Å². The van der Waals surface area contributed by atoms with Crippen LogP contribution in [-0.2, 0) is 24.0 Å². The largest absolute Gasteiger partial charge is 0.450 e. The zero-order valence-corrected chi connectivity index (χ0v) is 19.9. The molecule has 2 heterocycles. The molecule has 0 radical (unpaired) electrons. The normalized spacial score (nSPS) is 14.4. The second kappa shape index (κ2) is 10.5. The van der Waals surface area contributed by atoms with Gasteiger partial charge in [0.15, 0.2) is 0 Å². The van der Waals surface area contributed by atoms with Crippen LogP contribution < -0.4 is 10.2 Å². The molecule has 0 unspecified atom stereocenters. The second-order valence-electron chi connectivity index (χ2n) is 8.60. The summed E-state index contributed by atoms with van der Waals surface area (Å²) in [6, 6.07) is 13.7. The summed E-state index contributed by atoms with van der Waals surface area (Å²) in [6.07, 6.45) is -4.72. The quantitative estimate of drug-likeness (QED) is 0.524. The number of ether oxygens (including phenoxy) is 1. The Morgan fingerprint density at radius 2 is 1.74 bits per heavy atom. The zero-order chi connectivity index (χ0) is 25.0. The Morgan fingerprint density at radius 3 is 2.46 bits per heavy atom. The number of alkyl halides is 3. The number of nitrogens with zero attached hydrogens (tertiary/aromatic N) is 3. The molecule has 0 saturated carbocycles. The lowest BCUT2D eigenvalue weighted by atomic mass is 10.1. The molecule has 0 bridgehead atoms. The number of hydrogen-bond donors (Lipinski definition) is 1. The van der Waals surface area contributed by atoms with Gasteiger partial charge in [0.25, 0.3) is 0 Å². The van der Waals surface area contributed by atoms with E-state index in [1.165, 1.54) is 12.1 Å². The minimum atomic E-state index is -4.40. The maximum atomic E-state index is 13.4. The number of carbonyl (C=O) groups is 1. The van der Waals surface area contributed by atoms with Crippen molar-refractivity contribution in [3.05, 3.63) is 70.8 Å². The molecule has 1 amide bonds. The summed E-state index contributed by atoms with van der Waals surface area (Å²) in [7, 11) is 0. The van der Waals surface area contributed by atoms with Crippen LogP contribution in [-0.4, -0.2) is 48.8 Å². The van der Waals surface area contributed by atoms with E-state index in [-0.39, 0.29) is 18.2 Å². The highest BCUT2D eigenvalue weighted by Gasteiger charge is 2.32. The standard InChI is InChI=1S/C26H29F3N4O2/c1-3-35-25(34)33-12-10-32(11-13-33)24-21(15-20-14-18(2)8-9-23(20)31-24)17-30-16-19-6-4-5-7-22(19)26(27,28)29/h4-9,14-15,30H,3,10-13,16-17H2,1-2H3. The third-order valence-electron chi connectivity index (χ3n) is 6.09. The van der Waals surface area contributed by atoms with Crippen LogP contribution in [0.4, 0.5) is 23.8 Å². The number of aromatic nitrogens is 1. The topological polar surface area (TPSA) is 57.7 Å². The van der Waals surface area contributed by atoms with Crippen molar-refractivity contribution < 1.29 is 22.7 Å². The van der Waals surface area contributed by atoms with Crippen LogP contribution in [0.1, 0.15) is 29.2 Å². The number of fused-ring (bicyclic) bond motifs is 1. The Hall–Kier alpha value is -3.33. The van der Waals surface area contributed by atoms with Crippen molar-refractivity contribution in [3.8, 4) is 0 Å². The highest BCUT2D eigenvalue weighted by atomic mass is 19.4. The number of rotatable bonds is 6. The first kappa shape index (κ1) is 24.8. The molecule has 1 fully saturated rings. The van der Waals surface area contributed by atoms with Crippen molar-refractivity contribution in [1.29, 1.82) is 0 Å². The van der Waals surface area contributed by atoms with E-state index in [1.54, 1.807) is 17.9 Å². The third-order valence-corrected chi connectivity index (χ3v) is 6.09. The molecule has 6 nitrogen and oxygen atoms in total. The number of carbonyl (C=O) groups excluding carboxylic acids is 1. The SMILES string of the molecule is CCOC(=O)N1CCN(c2nc3ccc(C)cc3cc2CNCc2ccccc2C(F)(F)F)CC1. The molecule has 4 rings (SSSR count). The predicted molar refractivity (Wildman–Crippen MR) is 129 cm³/mol. The maximum absolute atomic E-state index is 13.4. The van der Waals surface area contributed by atoms with E-state index >= 15 is 0 Å². The van der Waals surface area contributed by atoms with E-state index in [0.717, 1.165) is 33.9 Å². The first-order valence-corrected chi connectivity index (χ1v) is 11.7. The van der Waals surface area contributed by atoms with Crippen LogP contribution in [0.5, 0.6) is 0 Å². The molecule has 0 aliphatic carbocycles. The van der Waals surface area contributed by atoms with Crippen LogP contribution in [0.15, 0.2) is 48.5 Å². The summed E-state index contributed by atoms with van der Waals surface area (Å²) in [5.41, 5.74) is 2.43. The average Bonchev–Trinajstić information content (AvgIpc) is 2.83. The average molecular weight is 487 g/mol. The number of anilines is 1. The number of pyridine rings is 1. The third kappa shape index (κ3) is 5.85. The van der Waals surface area contributed by atoms with E-state index < -0.39 is 11.7 Å². The predicted octanol–water partition coefficient (Wildman–Crippen LogP) is 5.13. The molecule has 1 N–H and O–H groups in total. The van der Waals surface area contributed by atoms with E-state index in [9.17, 15) is 18.0 Å². The molecule has 9 heteroatoms. The summed E-state index contributed by atoms with van der Waals surface area (Å²) in [5, 5.41) is 4.16. The molecule has 1 aromatic heterocycles. The summed E-state index contributed by atoms with van der Waals surface area (Å²) in [4.78, 5) is 20.8. The Labute approximate surface area is 202 Å². The molecule has 0 atom stereocenters. The smallest absolute Gasteiger partial charge is 0.416 e.